The summed E-state index contributed by atoms with van der Waals surface area (Å²) in [6, 6.07) is 4.06. The molecule has 1 atom stereocenters. The standard InChI is InChI=1S/C17H19N5O5/c1-10-19-15(27-21-10)9-12-16(23)18-4-5-22(12)17(24)20-11-2-3-13-14(8-11)26-7-6-25-13/h2-3,8,12H,4-7,9H2,1H3,(H,18,23)(H,20,24). The Balaban J connectivity index is 1.49. The summed E-state index contributed by atoms with van der Waals surface area (Å²) in [6.45, 7) is 3.41. The molecule has 1 unspecified atom stereocenters. The first-order valence-electron chi connectivity index (χ1n) is 8.64. The lowest BCUT2D eigenvalue weighted by Crippen LogP contribution is -2.59. The molecule has 1 aromatic carbocycles. The Morgan fingerprint density at radius 2 is 2.15 bits per heavy atom. The minimum atomic E-state index is -0.726. The fourth-order valence-electron chi connectivity index (χ4n) is 3.07. The minimum absolute atomic E-state index is 0.154. The summed E-state index contributed by atoms with van der Waals surface area (Å²) in [7, 11) is 0. The molecule has 1 fully saturated rings. The Morgan fingerprint density at radius 3 is 2.93 bits per heavy atom. The molecule has 2 aliphatic rings. The number of fused-ring (bicyclic) bond motifs is 1. The van der Waals surface area contributed by atoms with Crippen molar-refractivity contribution in [2.75, 3.05) is 31.6 Å². The van der Waals surface area contributed by atoms with Gasteiger partial charge >= 0.3 is 6.03 Å². The quantitative estimate of drug-likeness (QED) is 0.814. The summed E-state index contributed by atoms with van der Waals surface area (Å²) in [6.07, 6.45) is 0.154. The number of hydrogen-bond donors (Lipinski definition) is 2. The van der Waals surface area contributed by atoms with Gasteiger partial charge in [-0.15, -0.1) is 0 Å². The number of aromatic nitrogens is 2. The maximum Gasteiger partial charge on any atom is 0.322 e. The van der Waals surface area contributed by atoms with Crippen molar-refractivity contribution < 1.29 is 23.6 Å². The van der Waals surface area contributed by atoms with Gasteiger partial charge in [-0.1, -0.05) is 5.16 Å². The highest BCUT2D eigenvalue weighted by Crippen LogP contribution is 2.32. The fraction of sp³-hybridized carbons (Fsp3) is 0.412. The lowest BCUT2D eigenvalue weighted by atomic mass is 10.1. The van der Waals surface area contributed by atoms with Gasteiger partial charge in [-0.2, -0.15) is 4.98 Å². The van der Waals surface area contributed by atoms with Gasteiger partial charge in [0, 0.05) is 24.8 Å². The first kappa shape index (κ1) is 17.1. The van der Waals surface area contributed by atoms with Gasteiger partial charge < -0.3 is 29.5 Å². The SMILES string of the molecule is Cc1noc(CC2C(=O)NCCN2C(=O)Nc2ccc3c(c2)OCCO3)n1. The zero-order valence-electron chi connectivity index (χ0n) is 14.7. The largest absolute Gasteiger partial charge is 0.486 e. The monoisotopic (exact) mass is 373 g/mol. The number of anilines is 1. The molecule has 2 N–H and O–H groups in total. The zero-order valence-corrected chi connectivity index (χ0v) is 14.7. The second kappa shape index (κ2) is 7.14. The maximum absolute atomic E-state index is 12.8. The second-order valence-corrected chi connectivity index (χ2v) is 6.23. The molecule has 1 aromatic heterocycles. The summed E-state index contributed by atoms with van der Waals surface area (Å²) in [5.41, 5.74) is 0.558. The van der Waals surface area contributed by atoms with Crippen molar-refractivity contribution in [3.63, 3.8) is 0 Å². The Kier molecular flexibility index (Phi) is 4.53. The van der Waals surface area contributed by atoms with Crippen LogP contribution in [0.4, 0.5) is 10.5 Å². The summed E-state index contributed by atoms with van der Waals surface area (Å²) in [5, 5.41) is 9.29. The van der Waals surface area contributed by atoms with Gasteiger partial charge in [0.25, 0.3) is 0 Å². The van der Waals surface area contributed by atoms with Crippen LogP contribution in [-0.4, -0.2) is 59.3 Å². The van der Waals surface area contributed by atoms with E-state index in [0.29, 0.717) is 55.2 Å². The highest BCUT2D eigenvalue weighted by Gasteiger charge is 2.34. The van der Waals surface area contributed by atoms with Gasteiger partial charge in [-0.25, -0.2) is 4.79 Å². The van der Waals surface area contributed by atoms with Crippen molar-refractivity contribution in [1.29, 1.82) is 0 Å². The van der Waals surface area contributed by atoms with Crippen molar-refractivity contribution in [1.82, 2.24) is 20.4 Å². The molecule has 27 heavy (non-hydrogen) atoms. The van der Waals surface area contributed by atoms with E-state index in [0.717, 1.165) is 0 Å². The van der Waals surface area contributed by atoms with Crippen LogP contribution >= 0.6 is 0 Å². The number of urea groups is 1. The summed E-state index contributed by atoms with van der Waals surface area (Å²) < 4.78 is 16.1. The van der Waals surface area contributed by atoms with Crippen LogP contribution in [0.5, 0.6) is 11.5 Å². The molecule has 0 aliphatic carbocycles. The smallest absolute Gasteiger partial charge is 0.322 e. The van der Waals surface area contributed by atoms with E-state index in [4.69, 9.17) is 14.0 Å². The van der Waals surface area contributed by atoms with E-state index in [1.807, 2.05) is 0 Å². The van der Waals surface area contributed by atoms with E-state index in [1.165, 1.54) is 4.90 Å². The van der Waals surface area contributed by atoms with Gasteiger partial charge in [0.05, 0.1) is 6.42 Å². The molecular weight excluding hydrogens is 354 g/mol. The number of hydrogen-bond acceptors (Lipinski definition) is 7. The molecule has 10 heteroatoms. The number of carbonyl (C=O) groups excluding carboxylic acids is 2. The van der Waals surface area contributed by atoms with E-state index in [-0.39, 0.29) is 18.4 Å². The third-order valence-electron chi connectivity index (χ3n) is 4.32. The highest BCUT2D eigenvalue weighted by molar-refractivity contribution is 5.94. The number of nitrogens with one attached hydrogen (secondary N) is 2. The van der Waals surface area contributed by atoms with Gasteiger partial charge in [0.2, 0.25) is 11.8 Å². The maximum atomic E-state index is 12.8. The number of carbonyl (C=O) groups is 2. The molecule has 0 bridgehead atoms. The van der Waals surface area contributed by atoms with E-state index >= 15 is 0 Å². The number of benzene rings is 1. The first-order chi connectivity index (χ1) is 13.1. The average Bonchev–Trinajstić information content (AvgIpc) is 3.08. The molecule has 4 rings (SSSR count). The number of piperazine rings is 1. The van der Waals surface area contributed by atoms with Gasteiger partial charge in [-0.3, -0.25) is 4.79 Å². The summed E-state index contributed by atoms with van der Waals surface area (Å²) in [5.74, 6) is 1.75. The Hall–Kier alpha value is -3.30. The van der Waals surface area contributed by atoms with Crippen LogP contribution in [0.3, 0.4) is 0 Å². The van der Waals surface area contributed by atoms with Crippen molar-refractivity contribution >= 4 is 17.6 Å². The zero-order chi connectivity index (χ0) is 18.8. The van der Waals surface area contributed by atoms with E-state index in [2.05, 4.69) is 20.8 Å². The molecule has 10 nitrogen and oxygen atoms in total. The van der Waals surface area contributed by atoms with Crippen LogP contribution in [0.15, 0.2) is 22.7 Å². The van der Waals surface area contributed by atoms with Gasteiger partial charge in [-0.05, 0) is 19.1 Å². The topological polar surface area (TPSA) is 119 Å². The number of aryl methyl sites for hydroxylation is 1. The molecule has 0 radical (unpaired) electrons. The molecule has 1 saturated heterocycles. The van der Waals surface area contributed by atoms with Crippen LogP contribution in [0.1, 0.15) is 11.7 Å². The van der Waals surface area contributed by atoms with Crippen molar-refractivity contribution in [3.8, 4) is 11.5 Å². The molecule has 2 aliphatic heterocycles. The number of nitrogens with zero attached hydrogens (tertiary/aromatic N) is 3. The average molecular weight is 373 g/mol. The van der Waals surface area contributed by atoms with Crippen LogP contribution in [0.25, 0.3) is 0 Å². The normalized spacial score (nSPS) is 18.8. The minimum Gasteiger partial charge on any atom is -0.486 e. The second-order valence-electron chi connectivity index (χ2n) is 6.23. The molecule has 3 amide bonds. The molecule has 2 aromatic rings. The van der Waals surface area contributed by atoms with E-state index in [1.54, 1.807) is 25.1 Å². The Labute approximate surface area is 154 Å². The highest BCUT2D eigenvalue weighted by atomic mass is 16.6. The number of rotatable bonds is 3. The summed E-state index contributed by atoms with van der Waals surface area (Å²) >= 11 is 0. The Morgan fingerprint density at radius 1 is 1.33 bits per heavy atom. The predicted molar refractivity (Wildman–Crippen MR) is 92.7 cm³/mol. The van der Waals surface area contributed by atoms with Crippen molar-refractivity contribution in [3.05, 3.63) is 29.9 Å². The molecule has 0 spiro atoms. The molecule has 3 heterocycles. The van der Waals surface area contributed by atoms with Crippen molar-refractivity contribution in [2.24, 2.45) is 0 Å². The lowest BCUT2D eigenvalue weighted by Gasteiger charge is -2.34. The molecule has 142 valence electrons. The van der Waals surface area contributed by atoms with Crippen LogP contribution < -0.4 is 20.1 Å². The van der Waals surface area contributed by atoms with Gasteiger partial charge in [0.15, 0.2) is 17.3 Å². The summed E-state index contributed by atoms with van der Waals surface area (Å²) in [4.78, 5) is 30.7. The number of ether oxygens (including phenoxy) is 2. The first-order valence-corrected chi connectivity index (χ1v) is 8.64. The predicted octanol–water partition coefficient (Wildman–Crippen LogP) is 0.724. The molecule has 0 saturated carbocycles. The van der Waals surface area contributed by atoms with Gasteiger partial charge in [0.1, 0.15) is 19.3 Å². The van der Waals surface area contributed by atoms with Crippen LogP contribution in [0, 0.1) is 6.92 Å². The fourth-order valence-corrected chi connectivity index (χ4v) is 3.07. The molecular formula is C17H19N5O5. The lowest BCUT2D eigenvalue weighted by molar-refractivity contribution is -0.127. The van der Waals surface area contributed by atoms with E-state index in [9.17, 15) is 9.59 Å². The van der Waals surface area contributed by atoms with Crippen molar-refractivity contribution in [2.45, 2.75) is 19.4 Å². The van der Waals surface area contributed by atoms with Crippen LogP contribution in [-0.2, 0) is 11.2 Å². The third-order valence-corrected chi connectivity index (χ3v) is 4.32. The van der Waals surface area contributed by atoms with E-state index < -0.39 is 6.04 Å². The third kappa shape index (κ3) is 3.64. The Bertz CT molecular complexity index is 867. The van der Waals surface area contributed by atoms with Crippen LogP contribution in [0.2, 0.25) is 0 Å². The number of amides is 3.